The van der Waals surface area contributed by atoms with Gasteiger partial charge in [-0.15, -0.1) is 0 Å². The molecule has 2 heteroatoms. The van der Waals surface area contributed by atoms with Crippen molar-refractivity contribution in [2.75, 3.05) is 20.6 Å². The summed E-state index contributed by atoms with van der Waals surface area (Å²) in [4.78, 5) is 2.54. The monoisotopic (exact) mass is 240 g/mol. The standard InChI is InChI=1S/C15H32N2/c1-7-12(2)17(6)11-13-10-15(3,4)9-8-14(13)16-5/h12-14,16H,7-11H2,1-6H3. The van der Waals surface area contributed by atoms with Crippen LogP contribution >= 0.6 is 0 Å². The van der Waals surface area contributed by atoms with Crippen LogP contribution in [-0.4, -0.2) is 37.6 Å². The van der Waals surface area contributed by atoms with Crippen LogP contribution in [0.3, 0.4) is 0 Å². The third-order valence-corrected chi connectivity index (χ3v) is 4.75. The molecule has 0 aromatic rings. The zero-order valence-corrected chi connectivity index (χ0v) is 12.7. The van der Waals surface area contributed by atoms with E-state index in [9.17, 15) is 0 Å². The molecule has 1 fully saturated rings. The highest BCUT2D eigenvalue weighted by molar-refractivity contribution is 4.89. The van der Waals surface area contributed by atoms with Gasteiger partial charge in [0.05, 0.1) is 0 Å². The number of nitrogens with one attached hydrogen (secondary N) is 1. The molecule has 1 N–H and O–H groups in total. The summed E-state index contributed by atoms with van der Waals surface area (Å²) in [5.74, 6) is 0.808. The predicted molar refractivity (Wildman–Crippen MR) is 76.4 cm³/mol. The first-order valence-electron chi connectivity index (χ1n) is 7.27. The molecule has 3 unspecified atom stereocenters. The summed E-state index contributed by atoms with van der Waals surface area (Å²) in [7, 11) is 4.40. The molecule has 17 heavy (non-hydrogen) atoms. The Morgan fingerprint density at radius 1 is 1.41 bits per heavy atom. The molecule has 1 rings (SSSR count). The molecule has 1 saturated carbocycles. The van der Waals surface area contributed by atoms with Gasteiger partial charge < -0.3 is 10.2 Å². The van der Waals surface area contributed by atoms with Gasteiger partial charge in [0.25, 0.3) is 0 Å². The van der Waals surface area contributed by atoms with E-state index in [4.69, 9.17) is 0 Å². The summed E-state index contributed by atoms with van der Waals surface area (Å²) in [6.07, 6.45) is 5.31. The van der Waals surface area contributed by atoms with Gasteiger partial charge in [-0.1, -0.05) is 20.8 Å². The second kappa shape index (κ2) is 6.19. The van der Waals surface area contributed by atoms with Crippen molar-refractivity contribution in [3.8, 4) is 0 Å². The largest absolute Gasteiger partial charge is 0.317 e. The number of hydrogen-bond donors (Lipinski definition) is 1. The lowest BCUT2D eigenvalue weighted by Gasteiger charge is -2.43. The van der Waals surface area contributed by atoms with E-state index in [0.29, 0.717) is 11.5 Å². The third-order valence-electron chi connectivity index (χ3n) is 4.75. The average Bonchev–Trinajstić information content (AvgIpc) is 2.27. The van der Waals surface area contributed by atoms with Gasteiger partial charge in [-0.05, 0) is 58.0 Å². The summed E-state index contributed by atoms with van der Waals surface area (Å²) in [5, 5.41) is 3.53. The van der Waals surface area contributed by atoms with E-state index in [1.54, 1.807) is 0 Å². The zero-order chi connectivity index (χ0) is 13.1. The molecule has 0 bridgehead atoms. The fourth-order valence-corrected chi connectivity index (χ4v) is 3.17. The van der Waals surface area contributed by atoms with Crippen LogP contribution in [0.1, 0.15) is 53.4 Å². The van der Waals surface area contributed by atoms with Gasteiger partial charge in [0.15, 0.2) is 0 Å². The number of rotatable bonds is 5. The zero-order valence-electron chi connectivity index (χ0n) is 12.7. The predicted octanol–water partition coefficient (Wildman–Crippen LogP) is 3.13. The van der Waals surface area contributed by atoms with Crippen molar-refractivity contribution >= 4 is 0 Å². The van der Waals surface area contributed by atoms with Gasteiger partial charge in [0.2, 0.25) is 0 Å². The Bertz CT molecular complexity index is 225. The first-order chi connectivity index (χ1) is 7.89. The minimum absolute atomic E-state index is 0.536. The summed E-state index contributed by atoms with van der Waals surface area (Å²) in [6.45, 7) is 10.7. The molecule has 3 atom stereocenters. The minimum Gasteiger partial charge on any atom is -0.317 e. The quantitative estimate of drug-likeness (QED) is 0.794. The maximum atomic E-state index is 3.53. The summed E-state index contributed by atoms with van der Waals surface area (Å²) >= 11 is 0. The molecule has 0 saturated heterocycles. The lowest BCUT2D eigenvalue weighted by molar-refractivity contribution is 0.0989. The first kappa shape index (κ1) is 15.0. The lowest BCUT2D eigenvalue weighted by Crippen LogP contribution is -2.47. The van der Waals surface area contributed by atoms with Gasteiger partial charge in [-0.25, -0.2) is 0 Å². The van der Waals surface area contributed by atoms with Crippen molar-refractivity contribution in [3.05, 3.63) is 0 Å². The van der Waals surface area contributed by atoms with E-state index in [2.05, 4.69) is 52.0 Å². The van der Waals surface area contributed by atoms with Crippen LogP contribution in [0.4, 0.5) is 0 Å². The van der Waals surface area contributed by atoms with Gasteiger partial charge >= 0.3 is 0 Å². The second-order valence-corrected chi connectivity index (χ2v) is 6.76. The molecule has 0 amide bonds. The van der Waals surface area contributed by atoms with E-state index < -0.39 is 0 Å². The SMILES string of the molecule is CCC(C)N(C)CC1CC(C)(C)CCC1NC. The smallest absolute Gasteiger partial charge is 0.0105 e. The minimum atomic E-state index is 0.536. The lowest BCUT2D eigenvalue weighted by atomic mass is 9.69. The average molecular weight is 240 g/mol. The Balaban J connectivity index is 2.58. The van der Waals surface area contributed by atoms with Gasteiger partial charge in [0.1, 0.15) is 0 Å². The Kier molecular flexibility index (Phi) is 5.46. The van der Waals surface area contributed by atoms with Gasteiger partial charge in [-0.2, -0.15) is 0 Å². The Hall–Kier alpha value is -0.0800. The highest BCUT2D eigenvalue weighted by atomic mass is 15.1. The molecule has 2 nitrogen and oxygen atoms in total. The fraction of sp³-hybridized carbons (Fsp3) is 1.00. The summed E-state index contributed by atoms with van der Waals surface area (Å²) in [5.41, 5.74) is 0.536. The van der Waals surface area contributed by atoms with Crippen LogP contribution in [0.15, 0.2) is 0 Å². The van der Waals surface area contributed by atoms with Crippen molar-refractivity contribution in [3.63, 3.8) is 0 Å². The molecule has 1 aliphatic carbocycles. The van der Waals surface area contributed by atoms with E-state index in [1.807, 2.05) is 0 Å². The molecule has 0 radical (unpaired) electrons. The molecule has 102 valence electrons. The highest BCUT2D eigenvalue weighted by Gasteiger charge is 2.34. The van der Waals surface area contributed by atoms with E-state index in [1.165, 1.54) is 32.2 Å². The molecule has 0 spiro atoms. The normalized spacial score (nSPS) is 30.5. The Labute approximate surface area is 108 Å². The molecular weight excluding hydrogens is 208 g/mol. The maximum Gasteiger partial charge on any atom is 0.0105 e. The maximum absolute atomic E-state index is 3.53. The summed E-state index contributed by atoms with van der Waals surface area (Å²) < 4.78 is 0. The second-order valence-electron chi connectivity index (χ2n) is 6.76. The van der Waals surface area contributed by atoms with E-state index >= 15 is 0 Å². The fourth-order valence-electron chi connectivity index (χ4n) is 3.17. The number of hydrogen-bond acceptors (Lipinski definition) is 2. The van der Waals surface area contributed by atoms with Crippen LogP contribution in [-0.2, 0) is 0 Å². The summed E-state index contributed by atoms with van der Waals surface area (Å²) in [6, 6.07) is 1.42. The highest BCUT2D eigenvalue weighted by Crippen LogP contribution is 2.39. The topological polar surface area (TPSA) is 15.3 Å². The Morgan fingerprint density at radius 3 is 2.59 bits per heavy atom. The van der Waals surface area contributed by atoms with Crippen molar-refractivity contribution in [2.45, 2.75) is 65.5 Å². The molecule has 0 heterocycles. The molecule has 0 aliphatic heterocycles. The molecular formula is C15H32N2. The van der Waals surface area contributed by atoms with Crippen molar-refractivity contribution in [1.82, 2.24) is 10.2 Å². The van der Waals surface area contributed by atoms with Crippen molar-refractivity contribution in [2.24, 2.45) is 11.3 Å². The van der Waals surface area contributed by atoms with Crippen LogP contribution in [0.2, 0.25) is 0 Å². The number of nitrogens with zero attached hydrogens (tertiary/aromatic N) is 1. The molecule has 1 aliphatic rings. The van der Waals surface area contributed by atoms with Crippen LogP contribution in [0.25, 0.3) is 0 Å². The first-order valence-corrected chi connectivity index (χ1v) is 7.27. The van der Waals surface area contributed by atoms with Crippen LogP contribution in [0, 0.1) is 11.3 Å². The van der Waals surface area contributed by atoms with E-state index in [-0.39, 0.29) is 0 Å². The van der Waals surface area contributed by atoms with Crippen molar-refractivity contribution < 1.29 is 0 Å². The van der Waals surface area contributed by atoms with Crippen LogP contribution < -0.4 is 5.32 Å². The van der Waals surface area contributed by atoms with Gasteiger partial charge in [0, 0.05) is 18.6 Å². The molecule has 0 aromatic carbocycles. The van der Waals surface area contributed by atoms with Gasteiger partial charge in [-0.3, -0.25) is 0 Å². The van der Waals surface area contributed by atoms with Crippen LogP contribution in [0.5, 0.6) is 0 Å². The third kappa shape index (κ3) is 4.26. The Morgan fingerprint density at radius 2 is 2.06 bits per heavy atom. The van der Waals surface area contributed by atoms with E-state index in [0.717, 1.165) is 12.0 Å². The van der Waals surface area contributed by atoms with Crippen molar-refractivity contribution in [1.29, 1.82) is 0 Å². The molecule has 0 aromatic heterocycles.